The van der Waals surface area contributed by atoms with E-state index in [2.05, 4.69) is 10.3 Å². The highest BCUT2D eigenvalue weighted by Crippen LogP contribution is 2.37. The lowest BCUT2D eigenvalue weighted by molar-refractivity contribution is -0.119. The standard InChI is InChI=1S/C28H27F2N5O7/c1-14(36)31-10-18-12-35(28(40)42-18)16-4-5-23(21(29)8-16)41-17-6-7-33(11-17)26-22(30)9-19-24(37)20(27(38)39)13-34(15-2-3-15)25(19)32-26/h4-5,8-9,13,15,17-18H,2-3,6-7,10-12H2,1H3,(H,31,36)(H,38,39)/t17-,18-/m0/s1. The number of ether oxygens (including phenoxy) is 2. The molecular formula is C28H27F2N5O7. The Hall–Kier alpha value is -4.75. The first-order valence-corrected chi connectivity index (χ1v) is 13.5. The smallest absolute Gasteiger partial charge is 0.414 e. The van der Waals surface area contributed by atoms with E-state index in [0.29, 0.717) is 13.0 Å². The molecule has 2 aliphatic heterocycles. The number of carbonyl (C=O) groups is 3. The fraction of sp³-hybridized carbons (Fsp3) is 0.393. The fourth-order valence-corrected chi connectivity index (χ4v) is 5.29. The molecule has 1 saturated carbocycles. The Bertz CT molecular complexity index is 1670. The number of pyridine rings is 2. The molecule has 2 aromatic heterocycles. The summed E-state index contributed by atoms with van der Waals surface area (Å²) in [5.74, 6) is -3.13. The molecule has 220 valence electrons. The van der Waals surface area contributed by atoms with Crippen LogP contribution in [0.25, 0.3) is 11.0 Å². The lowest BCUT2D eigenvalue weighted by atomic mass is 10.2. The molecule has 2 amide bonds. The number of rotatable bonds is 8. The summed E-state index contributed by atoms with van der Waals surface area (Å²) in [5.41, 5.74) is -0.732. The van der Waals surface area contributed by atoms with Crippen molar-refractivity contribution in [1.29, 1.82) is 0 Å². The lowest BCUT2D eigenvalue weighted by Crippen LogP contribution is -2.33. The first-order chi connectivity index (χ1) is 20.1. The number of halogens is 2. The van der Waals surface area contributed by atoms with Crippen molar-refractivity contribution >= 4 is 40.5 Å². The van der Waals surface area contributed by atoms with Gasteiger partial charge in [0, 0.05) is 38.2 Å². The van der Waals surface area contributed by atoms with Crippen LogP contribution >= 0.6 is 0 Å². The number of carbonyl (C=O) groups excluding carboxylic acids is 2. The van der Waals surface area contributed by atoms with Crippen molar-refractivity contribution in [3.63, 3.8) is 0 Å². The number of nitrogens with zero attached hydrogens (tertiary/aromatic N) is 4. The van der Waals surface area contributed by atoms with Crippen LogP contribution in [-0.2, 0) is 9.53 Å². The highest BCUT2D eigenvalue weighted by Gasteiger charge is 2.34. The number of hydrogen-bond donors (Lipinski definition) is 2. The summed E-state index contributed by atoms with van der Waals surface area (Å²) in [4.78, 5) is 55.1. The summed E-state index contributed by atoms with van der Waals surface area (Å²) in [5, 5.41) is 11.9. The van der Waals surface area contributed by atoms with Crippen molar-refractivity contribution in [3.8, 4) is 5.75 Å². The number of aromatic carboxylic acids is 1. The second-order valence-corrected chi connectivity index (χ2v) is 10.6. The minimum absolute atomic E-state index is 0.00246. The average molecular weight is 584 g/mol. The predicted octanol–water partition coefficient (Wildman–Crippen LogP) is 2.83. The first kappa shape index (κ1) is 27.4. The van der Waals surface area contributed by atoms with E-state index in [4.69, 9.17) is 9.47 Å². The van der Waals surface area contributed by atoms with E-state index in [1.54, 1.807) is 9.47 Å². The van der Waals surface area contributed by atoms with Gasteiger partial charge in [0.15, 0.2) is 23.2 Å². The fourth-order valence-electron chi connectivity index (χ4n) is 5.29. The molecule has 1 aromatic carbocycles. The van der Waals surface area contributed by atoms with Crippen LogP contribution in [0.1, 0.15) is 42.6 Å². The van der Waals surface area contributed by atoms with E-state index in [9.17, 15) is 24.3 Å². The topological polar surface area (TPSA) is 143 Å². The van der Waals surface area contributed by atoms with Crippen LogP contribution < -0.4 is 25.3 Å². The van der Waals surface area contributed by atoms with Gasteiger partial charge in [0.1, 0.15) is 23.4 Å². The van der Waals surface area contributed by atoms with E-state index in [1.165, 1.54) is 30.2 Å². The molecule has 0 unspecified atom stereocenters. The van der Waals surface area contributed by atoms with E-state index in [0.717, 1.165) is 25.0 Å². The highest BCUT2D eigenvalue weighted by molar-refractivity contribution is 5.92. The van der Waals surface area contributed by atoms with Crippen molar-refractivity contribution in [2.75, 3.05) is 36.0 Å². The zero-order valence-electron chi connectivity index (χ0n) is 22.5. The number of nitrogens with one attached hydrogen (secondary N) is 1. The summed E-state index contributed by atoms with van der Waals surface area (Å²) < 4.78 is 43.0. The SMILES string of the molecule is CC(=O)NC[C@H]1CN(c2ccc(O[C@H]3CCN(c4nc5c(cc4F)c(=O)c(C(=O)O)cn5C4CC4)C3)c(F)c2)C(=O)O1. The number of carboxylic acid groups (broad SMARTS) is 1. The Kier molecular flexibility index (Phi) is 6.91. The maximum absolute atomic E-state index is 15.2. The third-order valence-electron chi connectivity index (χ3n) is 7.53. The Morgan fingerprint density at radius 2 is 1.93 bits per heavy atom. The molecule has 1 aliphatic carbocycles. The van der Waals surface area contributed by atoms with Crippen LogP contribution in [-0.4, -0.2) is 71.0 Å². The monoisotopic (exact) mass is 583 g/mol. The predicted molar refractivity (Wildman–Crippen MR) is 145 cm³/mol. The van der Waals surface area contributed by atoms with Gasteiger partial charge in [0.05, 0.1) is 30.7 Å². The first-order valence-electron chi connectivity index (χ1n) is 13.5. The molecular weight excluding hydrogens is 556 g/mol. The van der Waals surface area contributed by atoms with Crippen LogP contribution in [0.3, 0.4) is 0 Å². The molecule has 3 fully saturated rings. The molecule has 2 saturated heterocycles. The van der Waals surface area contributed by atoms with E-state index >= 15 is 8.78 Å². The van der Waals surface area contributed by atoms with Crippen molar-refractivity contribution in [1.82, 2.24) is 14.9 Å². The quantitative estimate of drug-likeness (QED) is 0.409. The van der Waals surface area contributed by atoms with Crippen LogP contribution in [0.5, 0.6) is 5.75 Å². The van der Waals surface area contributed by atoms with Crippen LogP contribution in [0.4, 0.5) is 25.1 Å². The third-order valence-corrected chi connectivity index (χ3v) is 7.53. The Morgan fingerprint density at radius 1 is 1.14 bits per heavy atom. The highest BCUT2D eigenvalue weighted by atomic mass is 19.1. The minimum atomic E-state index is -1.38. The molecule has 14 heteroatoms. The second-order valence-electron chi connectivity index (χ2n) is 10.6. The molecule has 12 nitrogen and oxygen atoms in total. The zero-order chi connectivity index (χ0) is 29.7. The number of hydrogen-bond acceptors (Lipinski definition) is 8. The van der Waals surface area contributed by atoms with Crippen molar-refractivity contribution in [2.24, 2.45) is 0 Å². The van der Waals surface area contributed by atoms with Gasteiger partial charge in [-0.15, -0.1) is 0 Å². The van der Waals surface area contributed by atoms with Gasteiger partial charge in [-0.2, -0.15) is 0 Å². The number of benzene rings is 1. The van der Waals surface area contributed by atoms with Gasteiger partial charge in [-0.1, -0.05) is 0 Å². The molecule has 3 aliphatic rings. The second kappa shape index (κ2) is 10.6. The van der Waals surface area contributed by atoms with E-state index < -0.39 is 46.9 Å². The Morgan fingerprint density at radius 3 is 2.62 bits per heavy atom. The summed E-state index contributed by atoms with van der Waals surface area (Å²) in [6.45, 7) is 2.20. The summed E-state index contributed by atoms with van der Waals surface area (Å²) in [7, 11) is 0. The number of cyclic esters (lactones) is 1. The van der Waals surface area contributed by atoms with Gasteiger partial charge in [0.2, 0.25) is 11.3 Å². The Labute approximate surface area is 237 Å². The molecule has 3 aromatic rings. The molecule has 0 radical (unpaired) electrons. The number of carboxylic acids is 1. The Balaban J connectivity index is 1.17. The molecule has 0 bridgehead atoms. The average Bonchev–Trinajstić information content (AvgIpc) is 3.56. The summed E-state index contributed by atoms with van der Waals surface area (Å²) in [6.07, 6.45) is 1.59. The number of anilines is 2. The van der Waals surface area contributed by atoms with Gasteiger partial charge >= 0.3 is 12.1 Å². The van der Waals surface area contributed by atoms with Gasteiger partial charge in [-0.25, -0.2) is 23.4 Å². The summed E-state index contributed by atoms with van der Waals surface area (Å²) >= 11 is 0. The van der Waals surface area contributed by atoms with Crippen molar-refractivity contribution < 1.29 is 37.7 Å². The number of aromatic nitrogens is 2. The van der Waals surface area contributed by atoms with E-state index in [1.807, 2.05) is 0 Å². The van der Waals surface area contributed by atoms with Crippen LogP contribution in [0, 0.1) is 11.6 Å². The van der Waals surface area contributed by atoms with Crippen molar-refractivity contribution in [3.05, 3.63) is 57.9 Å². The maximum atomic E-state index is 15.2. The molecule has 42 heavy (non-hydrogen) atoms. The molecule has 2 N–H and O–H groups in total. The molecule has 6 rings (SSSR count). The zero-order valence-corrected chi connectivity index (χ0v) is 22.5. The molecule has 2 atom stereocenters. The van der Waals surface area contributed by atoms with Gasteiger partial charge in [-0.05, 0) is 31.0 Å². The van der Waals surface area contributed by atoms with Gasteiger partial charge in [0.25, 0.3) is 0 Å². The lowest BCUT2D eigenvalue weighted by Gasteiger charge is -2.21. The van der Waals surface area contributed by atoms with Gasteiger partial charge < -0.3 is 29.4 Å². The van der Waals surface area contributed by atoms with Crippen LogP contribution in [0.2, 0.25) is 0 Å². The number of fused-ring (bicyclic) bond motifs is 1. The minimum Gasteiger partial charge on any atom is -0.485 e. The van der Waals surface area contributed by atoms with Crippen LogP contribution in [0.15, 0.2) is 35.3 Å². The normalized spacial score (nSPS) is 20.2. The molecule has 0 spiro atoms. The molecule has 4 heterocycles. The summed E-state index contributed by atoms with van der Waals surface area (Å²) in [6, 6.07) is 5.12. The van der Waals surface area contributed by atoms with E-state index in [-0.39, 0.29) is 59.9 Å². The number of amides is 2. The largest absolute Gasteiger partial charge is 0.485 e. The third kappa shape index (κ3) is 5.19. The maximum Gasteiger partial charge on any atom is 0.414 e. The van der Waals surface area contributed by atoms with Gasteiger partial charge in [-0.3, -0.25) is 14.5 Å². The van der Waals surface area contributed by atoms with Crippen molar-refractivity contribution in [2.45, 2.75) is 44.4 Å².